The maximum atomic E-state index is 12.8. The van der Waals surface area contributed by atoms with E-state index in [0.717, 1.165) is 28.2 Å². The molecule has 0 fully saturated rings. The highest BCUT2D eigenvalue weighted by Crippen LogP contribution is 2.29. The highest BCUT2D eigenvalue weighted by atomic mass is 32.2. The zero-order chi connectivity index (χ0) is 19.7. The molecule has 2 heterocycles. The second-order valence-corrected chi connectivity index (χ2v) is 8.40. The van der Waals surface area contributed by atoms with Crippen LogP contribution in [-0.2, 0) is 4.79 Å². The standard InChI is InChI=1S/C20H25N5OS/c1-11(2)16-9-7-8-12(3)17(16)22-18(26)15(6)27-20-23-19-21-13(4)10-14(5)25(19)24-20/h7-11,15H,1-6H3,(H,22,26)/t15-/m1/s1. The maximum Gasteiger partial charge on any atom is 0.253 e. The van der Waals surface area contributed by atoms with Gasteiger partial charge in [0.1, 0.15) is 0 Å². The summed E-state index contributed by atoms with van der Waals surface area (Å²) in [4.78, 5) is 21.6. The summed E-state index contributed by atoms with van der Waals surface area (Å²) < 4.78 is 1.71. The lowest BCUT2D eigenvalue weighted by molar-refractivity contribution is -0.115. The van der Waals surface area contributed by atoms with Crippen molar-refractivity contribution in [1.29, 1.82) is 0 Å². The Morgan fingerprint density at radius 3 is 2.59 bits per heavy atom. The molecule has 0 saturated carbocycles. The number of nitrogens with one attached hydrogen (secondary N) is 1. The summed E-state index contributed by atoms with van der Waals surface area (Å²) >= 11 is 1.34. The minimum Gasteiger partial charge on any atom is -0.325 e. The van der Waals surface area contributed by atoms with Crippen molar-refractivity contribution in [2.24, 2.45) is 0 Å². The summed E-state index contributed by atoms with van der Waals surface area (Å²) in [5.74, 6) is 0.833. The molecule has 3 aromatic rings. The molecule has 1 amide bonds. The van der Waals surface area contributed by atoms with Crippen LogP contribution in [0.3, 0.4) is 0 Å². The van der Waals surface area contributed by atoms with E-state index in [-0.39, 0.29) is 11.2 Å². The number of rotatable bonds is 5. The Labute approximate surface area is 163 Å². The topological polar surface area (TPSA) is 72.2 Å². The van der Waals surface area contributed by atoms with Crippen LogP contribution >= 0.6 is 11.8 Å². The summed E-state index contributed by atoms with van der Waals surface area (Å²) in [6.07, 6.45) is 0. The van der Waals surface area contributed by atoms with Gasteiger partial charge in [-0.1, -0.05) is 43.8 Å². The zero-order valence-corrected chi connectivity index (χ0v) is 17.4. The number of anilines is 1. The van der Waals surface area contributed by atoms with Crippen molar-refractivity contribution in [2.75, 3.05) is 5.32 Å². The van der Waals surface area contributed by atoms with E-state index < -0.39 is 0 Å². The number of aromatic nitrogens is 4. The number of aryl methyl sites for hydroxylation is 3. The van der Waals surface area contributed by atoms with Crippen LogP contribution in [-0.4, -0.2) is 30.7 Å². The van der Waals surface area contributed by atoms with Crippen LogP contribution in [0, 0.1) is 20.8 Å². The predicted molar refractivity (Wildman–Crippen MR) is 109 cm³/mol. The van der Waals surface area contributed by atoms with Crippen LogP contribution in [0.2, 0.25) is 0 Å². The Balaban J connectivity index is 1.78. The number of carbonyl (C=O) groups is 1. The lowest BCUT2D eigenvalue weighted by Crippen LogP contribution is -2.24. The second-order valence-electron chi connectivity index (χ2n) is 7.09. The summed E-state index contributed by atoms with van der Waals surface area (Å²) in [5, 5.41) is 7.79. The molecular formula is C20H25N5OS. The molecule has 7 heteroatoms. The number of thioether (sulfide) groups is 1. The monoisotopic (exact) mass is 383 g/mol. The molecule has 1 N–H and O–H groups in total. The largest absolute Gasteiger partial charge is 0.325 e. The summed E-state index contributed by atoms with van der Waals surface area (Å²) in [6, 6.07) is 8.06. The average Bonchev–Trinajstić information content (AvgIpc) is 2.98. The molecule has 0 spiro atoms. The van der Waals surface area contributed by atoms with Gasteiger partial charge in [-0.3, -0.25) is 4.79 Å². The molecule has 1 atom stereocenters. The molecule has 0 saturated heterocycles. The fraction of sp³-hybridized carbons (Fsp3) is 0.400. The van der Waals surface area contributed by atoms with Crippen molar-refractivity contribution >= 4 is 29.1 Å². The van der Waals surface area contributed by atoms with Gasteiger partial charge in [0, 0.05) is 17.1 Å². The molecule has 3 rings (SSSR count). The molecular weight excluding hydrogens is 358 g/mol. The molecule has 142 valence electrons. The van der Waals surface area contributed by atoms with Crippen LogP contribution in [0.15, 0.2) is 29.4 Å². The van der Waals surface area contributed by atoms with Crippen LogP contribution in [0.1, 0.15) is 49.2 Å². The lowest BCUT2D eigenvalue weighted by Gasteiger charge is -2.18. The van der Waals surface area contributed by atoms with Gasteiger partial charge in [-0.05, 0) is 50.8 Å². The van der Waals surface area contributed by atoms with E-state index in [2.05, 4.69) is 40.3 Å². The van der Waals surface area contributed by atoms with Crippen molar-refractivity contribution in [2.45, 2.75) is 57.9 Å². The van der Waals surface area contributed by atoms with E-state index in [1.807, 2.05) is 45.9 Å². The summed E-state index contributed by atoms with van der Waals surface area (Å²) in [7, 11) is 0. The Hall–Kier alpha value is -2.41. The Kier molecular flexibility index (Phi) is 5.51. The van der Waals surface area contributed by atoms with Gasteiger partial charge in [0.25, 0.3) is 5.78 Å². The first-order valence-corrected chi connectivity index (χ1v) is 9.92. The van der Waals surface area contributed by atoms with Crippen molar-refractivity contribution in [3.8, 4) is 0 Å². The number of nitrogens with zero attached hydrogens (tertiary/aromatic N) is 4. The third kappa shape index (κ3) is 4.13. The van der Waals surface area contributed by atoms with Gasteiger partial charge in [-0.25, -0.2) is 9.50 Å². The molecule has 0 radical (unpaired) electrons. The normalized spacial score (nSPS) is 12.6. The third-order valence-electron chi connectivity index (χ3n) is 4.43. The number of benzene rings is 1. The van der Waals surface area contributed by atoms with Crippen molar-refractivity contribution < 1.29 is 4.79 Å². The third-order valence-corrected chi connectivity index (χ3v) is 5.38. The fourth-order valence-electron chi connectivity index (χ4n) is 2.98. The highest BCUT2D eigenvalue weighted by Gasteiger charge is 2.20. The van der Waals surface area contributed by atoms with Gasteiger partial charge in [0.2, 0.25) is 11.1 Å². The predicted octanol–water partition coefficient (Wildman–Crippen LogP) is 4.29. The number of hydrogen-bond donors (Lipinski definition) is 1. The first-order chi connectivity index (χ1) is 12.8. The Morgan fingerprint density at radius 1 is 1.15 bits per heavy atom. The van der Waals surface area contributed by atoms with Gasteiger partial charge in [-0.2, -0.15) is 4.98 Å². The van der Waals surface area contributed by atoms with E-state index in [9.17, 15) is 4.79 Å². The van der Waals surface area contributed by atoms with Gasteiger partial charge in [-0.15, -0.1) is 5.10 Å². The van der Waals surface area contributed by atoms with Crippen LogP contribution in [0.25, 0.3) is 5.78 Å². The molecule has 0 aliphatic heterocycles. The van der Waals surface area contributed by atoms with E-state index in [4.69, 9.17) is 0 Å². The molecule has 0 aliphatic rings. The molecule has 27 heavy (non-hydrogen) atoms. The Morgan fingerprint density at radius 2 is 1.89 bits per heavy atom. The number of amides is 1. The van der Waals surface area contributed by atoms with E-state index in [1.54, 1.807) is 4.52 Å². The summed E-state index contributed by atoms with van der Waals surface area (Å²) in [5.41, 5.74) is 4.97. The van der Waals surface area contributed by atoms with E-state index >= 15 is 0 Å². The number of para-hydroxylation sites is 1. The SMILES string of the molecule is Cc1cc(C)n2nc(S[C@H](C)C(=O)Nc3c(C)cccc3C(C)C)nc2n1. The first-order valence-electron chi connectivity index (χ1n) is 9.04. The van der Waals surface area contributed by atoms with Crippen molar-refractivity contribution in [3.63, 3.8) is 0 Å². The zero-order valence-electron chi connectivity index (χ0n) is 16.6. The van der Waals surface area contributed by atoms with E-state index in [0.29, 0.717) is 16.9 Å². The first kappa shape index (κ1) is 19.4. The van der Waals surface area contributed by atoms with Crippen molar-refractivity contribution in [1.82, 2.24) is 19.6 Å². The quantitative estimate of drug-likeness (QED) is 0.665. The van der Waals surface area contributed by atoms with Gasteiger partial charge < -0.3 is 5.32 Å². The van der Waals surface area contributed by atoms with Crippen molar-refractivity contribution in [3.05, 3.63) is 46.8 Å². The molecule has 2 aromatic heterocycles. The molecule has 0 bridgehead atoms. The summed E-state index contributed by atoms with van der Waals surface area (Å²) in [6.45, 7) is 12.0. The molecule has 6 nitrogen and oxygen atoms in total. The number of fused-ring (bicyclic) bond motifs is 1. The Bertz CT molecular complexity index is 995. The highest BCUT2D eigenvalue weighted by molar-refractivity contribution is 8.00. The van der Waals surface area contributed by atoms with Gasteiger partial charge >= 0.3 is 0 Å². The van der Waals surface area contributed by atoms with Crippen LogP contribution in [0.4, 0.5) is 5.69 Å². The second kappa shape index (κ2) is 7.68. The van der Waals surface area contributed by atoms with E-state index in [1.165, 1.54) is 11.8 Å². The van der Waals surface area contributed by atoms with Crippen LogP contribution < -0.4 is 5.32 Å². The molecule has 1 aromatic carbocycles. The number of carbonyl (C=O) groups excluding carboxylic acids is 1. The fourth-order valence-corrected chi connectivity index (χ4v) is 3.72. The minimum atomic E-state index is -0.330. The number of hydrogen-bond acceptors (Lipinski definition) is 5. The smallest absolute Gasteiger partial charge is 0.253 e. The van der Waals surface area contributed by atoms with Gasteiger partial charge in [0.05, 0.1) is 5.25 Å². The van der Waals surface area contributed by atoms with Crippen LogP contribution in [0.5, 0.6) is 0 Å². The maximum absolute atomic E-state index is 12.8. The minimum absolute atomic E-state index is 0.0593. The lowest BCUT2D eigenvalue weighted by atomic mass is 9.98. The van der Waals surface area contributed by atoms with Gasteiger partial charge in [0.15, 0.2) is 0 Å². The molecule has 0 aliphatic carbocycles. The molecule has 0 unspecified atom stereocenters. The average molecular weight is 384 g/mol.